The highest BCUT2D eigenvalue weighted by Gasteiger charge is 2.12. The van der Waals surface area contributed by atoms with Crippen LogP contribution in [0.15, 0.2) is 34.1 Å². The average Bonchev–Trinajstić information content (AvgIpc) is 2.77. The van der Waals surface area contributed by atoms with Crippen molar-refractivity contribution >= 4 is 44.5 Å². The standard InChI is InChI=1S/C14H14BrFN2S2/c1-18(7-11-5-10(15)8-20-11)6-9-3-2-4-12(13(9)16)14(17)19/h2-5,8H,6-7H2,1H3,(H2,17,19). The summed E-state index contributed by atoms with van der Waals surface area (Å²) in [5.41, 5.74) is 6.43. The Bertz CT molecular complexity index is 627. The summed E-state index contributed by atoms with van der Waals surface area (Å²) in [5.74, 6) is -0.320. The number of hydrogen-bond donors (Lipinski definition) is 1. The zero-order valence-electron chi connectivity index (χ0n) is 10.9. The number of nitrogens with zero attached hydrogens (tertiary/aromatic N) is 1. The third-order valence-electron chi connectivity index (χ3n) is 2.83. The van der Waals surface area contributed by atoms with Crippen LogP contribution in [0.2, 0.25) is 0 Å². The highest BCUT2D eigenvalue weighted by molar-refractivity contribution is 9.10. The maximum absolute atomic E-state index is 14.2. The molecule has 2 N–H and O–H groups in total. The maximum atomic E-state index is 14.2. The van der Waals surface area contributed by atoms with Gasteiger partial charge in [-0.3, -0.25) is 4.90 Å². The van der Waals surface area contributed by atoms with Crippen LogP contribution in [0.3, 0.4) is 0 Å². The smallest absolute Gasteiger partial charge is 0.137 e. The summed E-state index contributed by atoms with van der Waals surface area (Å²) in [6.45, 7) is 1.28. The molecular formula is C14H14BrFN2S2. The predicted octanol–water partition coefficient (Wildman–Crippen LogP) is 3.92. The molecule has 0 unspecified atom stereocenters. The van der Waals surface area contributed by atoms with E-state index >= 15 is 0 Å². The highest BCUT2D eigenvalue weighted by Crippen LogP contribution is 2.22. The lowest BCUT2D eigenvalue weighted by molar-refractivity contribution is 0.316. The van der Waals surface area contributed by atoms with Gasteiger partial charge in [0.05, 0.1) is 0 Å². The van der Waals surface area contributed by atoms with Gasteiger partial charge in [0, 0.05) is 38.9 Å². The third kappa shape index (κ3) is 3.85. The molecule has 0 saturated carbocycles. The van der Waals surface area contributed by atoms with Gasteiger partial charge in [-0.15, -0.1) is 11.3 Å². The van der Waals surface area contributed by atoms with Crippen LogP contribution < -0.4 is 5.73 Å². The fourth-order valence-electron chi connectivity index (χ4n) is 1.94. The molecule has 1 aromatic heterocycles. The Kier molecular flexibility index (Phi) is 5.26. The molecule has 0 atom stereocenters. The first kappa shape index (κ1) is 15.6. The molecule has 0 amide bonds. The molecule has 2 rings (SSSR count). The van der Waals surface area contributed by atoms with Gasteiger partial charge < -0.3 is 5.73 Å². The fraction of sp³-hybridized carbons (Fsp3) is 0.214. The van der Waals surface area contributed by atoms with Gasteiger partial charge in [-0.05, 0) is 35.1 Å². The van der Waals surface area contributed by atoms with Crippen molar-refractivity contribution in [2.24, 2.45) is 5.73 Å². The molecule has 0 aliphatic heterocycles. The number of halogens is 2. The van der Waals surface area contributed by atoms with E-state index in [4.69, 9.17) is 18.0 Å². The lowest BCUT2D eigenvalue weighted by Crippen LogP contribution is -2.19. The van der Waals surface area contributed by atoms with Crippen molar-refractivity contribution in [1.29, 1.82) is 0 Å². The summed E-state index contributed by atoms with van der Waals surface area (Å²) >= 11 is 9.96. The summed E-state index contributed by atoms with van der Waals surface area (Å²) in [6.07, 6.45) is 0. The van der Waals surface area contributed by atoms with Crippen LogP contribution in [0.5, 0.6) is 0 Å². The summed E-state index contributed by atoms with van der Waals surface area (Å²) in [4.78, 5) is 3.37. The van der Waals surface area contributed by atoms with E-state index in [0.717, 1.165) is 11.0 Å². The van der Waals surface area contributed by atoms with Crippen molar-refractivity contribution in [2.75, 3.05) is 7.05 Å². The highest BCUT2D eigenvalue weighted by atomic mass is 79.9. The van der Waals surface area contributed by atoms with Crippen LogP contribution in [-0.2, 0) is 13.1 Å². The molecule has 2 aromatic rings. The number of thiophene rings is 1. The van der Waals surface area contributed by atoms with Gasteiger partial charge in [0.25, 0.3) is 0 Å². The maximum Gasteiger partial charge on any atom is 0.137 e. The molecule has 0 radical (unpaired) electrons. The Morgan fingerprint density at radius 1 is 1.45 bits per heavy atom. The Morgan fingerprint density at radius 3 is 2.80 bits per heavy atom. The number of benzene rings is 1. The van der Waals surface area contributed by atoms with Crippen molar-refractivity contribution in [3.63, 3.8) is 0 Å². The predicted molar refractivity (Wildman–Crippen MR) is 89.5 cm³/mol. The van der Waals surface area contributed by atoms with E-state index in [-0.39, 0.29) is 10.8 Å². The quantitative estimate of drug-likeness (QED) is 0.806. The van der Waals surface area contributed by atoms with Crippen molar-refractivity contribution < 1.29 is 4.39 Å². The molecule has 0 spiro atoms. The van der Waals surface area contributed by atoms with E-state index in [1.54, 1.807) is 29.5 Å². The largest absolute Gasteiger partial charge is 0.389 e. The number of hydrogen-bond acceptors (Lipinski definition) is 3. The van der Waals surface area contributed by atoms with Crippen molar-refractivity contribution in [3.05, 3.63) is 55.9 Å². The minimum Gasteiger partial charge on any atom is -0.389 e. The first-order valence-electron chi connectivity index (χ1n) is 5.96. The number of thiocarbonyl (C=S) groups is 1. The van der Waals surface area contributed by atoms with Crippen molar-refractivity contribution in [1.82, 2.24) is 4.90 Å². The summed E-state index contributed by atoms with van der Waals surface area (Å²) in [5, 5.41) is 2.04. The molecule has 1 aromatic carbocycles. The van der Waals surface area contributed by atoms with E-state index in [1.807, 2.05) is 12.4 Å². The first-order chi connectivity index (χ1) is 9.47. The van der Waals surface area contributed by atoms with E-state index < -0.39 is 0 Å². The van der Waals surface area contributed by atoms with E-state index in [1.165, 1.54) is 4.88 Å². The van der Waals surface area contributed by atoms with E-state index in [0.29, 0.717) is 17.7 Å². The zero-order valence-corrected chi connectivity index (χ0v) is 14.1. The second kappa shape index (κ2) is 6.76. The fourth-order valence-corrected chi connectivity index (χ4v) is 3.63. The lowest BCUT2D eigenvalue weighted by atomic mass is 10.1. The summed E-state index contributed by atoms with van der Waals surface area (Å²) in [7, 11) is 1.96. The second-order valence-electron chi connectivity index (χ2n) is 4.55. The number of rotatable bonds is 5. The van der Waals surface area contributed by atoms with E-state index in [9.17, 15) is 4.39 Å². The van der Waals surface area contributed by atoms with Gasteiger partial charge >= 0.3 is 0 Å². The topological polar surface area (TPSA) is 29.3 Å². The third-order valence-corrected chi connectivity index (χ3v) is 4.73. The molecule has 0 bridgehead atoms. The van der Waals surface area contributed by atoms with E-state index in [2.05, 4.69) is 26.9 Å². The van der Waals surface area contributed by atoms with Crippen LogP contribution >= 0.6 is 39.5 Å². The Balaban J connectivity index is 2.09. The molecule has 0 aliphatic rings. The second-order valence-corrected chi connectivity index (χ2v) is 6.90. The minimum absolute atomic E-state index is 0.0918. The molecule has 106 valence electrons. The zero-order chi connectivity index (χ0) is 14.7. The van der Waals surface area contributed by atoms with Gasteiger partial charge in [0.1, 0.15) is 10.8 Å². The van der Waals surface area contributed by atoms with Crippen LogP contribution in [0, 0.1) is 5.82 Å². The number of nitrogens with two attached hydrogens (primary N) is 1. The van der Waals surface area contributed by atoms with Gasteiger partial charge in [0.2, 0.25) is 0 Å². The first-order valence-corrected chi connectivity index (χ1v) is 8.04. The minimum atomic E-state index is -0.320. The summed E-state index contributed by atoms with van der Waals surface area (Å²) in [6, 6.07) is 7.22. The SMILES string of the molecule is CN(Cc1cc(Br)cs1)Cc1cccc(C(N)=S)c1F. The van der Waals surface area contributed by atoms with Crippen LogP contribution in [0.4, 0.5) is 4.39 Å². The van der Waals surface area contributed by atoms with Crippen molar-refractivity contribution in [2.45, 2.75) is 13.1 Å². The Hall–Kier alpha value is -0.820. The Labute approximate surface area is 135 Å². The molecule has 0 saturated heterocycles. The molecule has 6 heteroatoms. The average molecular weight is 373 g/mol. The Morgan fingerprint density at radius 2 is 2.20 bits per heavy atom. The molecule has 0 aliphatic carbocycles. The molecule has 0 fully saturated rings. The van der Waals surface area contributed by atoms with Crippen LogP contribution in [-0.4, -0.2) is 16.9 Å². The molecular weight excluding hydrogens is 359 g/mol. The van der Waals surface area contributed by atoms with Crippen molar-refractivity contribution in [3.8, 4) is 0 Å². The molecule has 2 nitrogen and oxygen atoms in total. The molecule has 20 heavy (non-hydrogen) atoms. The van der Waals surface area contributed by atoms with Gasteiger partial charge in [-0.1, -0.05) is 24.4 Å². The molecule has 1 heterocycles. The van der Waals surface area contributed by atoms with Gasteiger partial charge in [-0.2, -0.15) is 0 Å². The van der Waals surface area contributed by atoms with Crippen LogP contribution in [0.25, 0.3) is 0 Å². The lowest BCUT2D eigenvalue weighted by Gasteiger charge is -2.17. The monoisotopic (exact) mass is 372 g/mol. The normalized spacial score (nSPS) is 11.0. The van der Waals surface area contributed by atoms with Gasteiger partial charge in [0.15, 0.2) is 0 Å². The summed E-state index contributed by atoms with van der Waals surface area (Å²) < 4.78 is 15.3. The van der Waals surface area contributed by atoms with Crippen LogP contribution in [0.1, 0.15) is 16.0 Å². The van der Waals surface area contributed by atoms with Gasteiger partial charge in [-0.25, -0.2) is 4.39 Å².